The Balaban J connectivity index is 1.97. The Morgan fingerprint density at radius 3 is 2.57 bits per heavy atom. The van der Waals surface area contributed by atoms with Crippen LogP contribution in [0, 0.1) is 17.8 Å². The topological polar surface area (TPSA) is 26.3 Å². The van der Waals surface area contributed by atoms with Gasteiger partial charge >= 0.3 is 5.97 Å². The van der Waals surface area contributed by atoms with E-state index in [1.807, 2.05) is 20.8 Å². The number of hydrogen-bond acceptors (Lipinski definition) is 2. The van der Waals surface area contributed by atoms with Crippen LogP contribution in [0.15, 0.2) is 12.2 Å². The van der Waals surface area contributed by atoms with E-state index in [1.54, 1.807) is 0 Å². The van der Waals surface area contributed by atoms with Crippen molar-refractivity contribution in [2.24, 2.45) is 11.8 Å². The number of fused-ring (bicyclic) bond motifs is 2. The van der Waals surface area contributed by atoms with Gasteiger partial charge in [0.1, 0.15) is 11.5 Å². The van der Waals surface area contributed by atoms with Crippen molar-refractivity contribution >= 4 is 5.97 Å². The summed E-state index contributed by atoms with van der Waals surface area (Å²) in [4.78, 5) is 11.8. The van der Waals surface area contributed by atoms with Crippen molar-refractivity contribution < 1.29 is 9.53 Å². The molecule has 1 fully saturated rings. The molecule has 0 heterocycles. The van der Waals surface area contributed by atoms with Gasteiger partial charge in [0.2, 0.25) is 0 Å². The van der Waals surface area contributed by atoms with Gasteiger partial charge in [0, 0.05) is 6.08 Å². The molecule has 2 nitrogen and oxygen atoms in total. The molecule has 2 heteroatoms. The predicted octanol–water partition coefficient (Wildman–Crippen LogP) is 2.50. The van der Waals surface area contributed by atoms with Gasteiger partial charge in [-0.1, -0.05) is 0 Å². The summed E-state index contributed by atoms with van der Waals surface area (Å²) in [6, 6.07) is 0. The Kier molecular flexibility index (Phi) is 2.09. The Hall–Kier alpha value is -0.920. The number of allylic oxidation sites excluding steroid dienone is 2. The number of hydrogen-bond donors (Lipinski definition) is 0. The van der Waals surface area contributed by atoms with Crippen LogP contribution in [0.1, 0.15) is 33.6 Å². The molecule has 2 bridgehead atoms. The highest BCUT2D eigenvalue weighted by Crippen LogP contribution is 2.45. The molecule has 0 amide bonds. The van der Waals surface area contributed by atoms with Crippen molar-refractivity contribution in [3.05, 3.63) is 18.1 Å². The minimum atomic E-state index is -0.354. The summed E-state index contributed by atoms with van der Waals surface area (Å²) in [5, 5.41) is 0. The summed E-state index contributed by atoms with van der Waals surface area (Å²) in [6.45, 7) is 5.75. The van der Waals surface area contributed by atoms with Gasteiger partial charge in [0.25, 0.3) is 0 Å². The van der Waals surface area contributed by atoms with Crippen LogP contribution < -0.4 is 0 Å². The van der Waals surface area contributed by atoms with Crippen molar-refractivity contribution in [3.8, 4) is 0 Å². The Morgan fingerprint density at radius 1 is 1.43 bits per heavy atom. The molecule has 0 aliphatic heterocycles. The van der Waals surface area contributed by atoms with Gasteiger partial charge in [-0.05, 0) is 20.8 Å². The summed E-state index contributed by atoms with van der Waals surface area (Å²) < 4.78 is 5.39. The molecule has 0 radical (unpaired) electrons. The quantitative estimate of drug-likeness (QED) is 0.472. The minimum absolute atomic E-state index is 0.0261. The lowest BCUT2D eigenvalue weighted by Gasteiger charge is -2.22. The molecule has 0 aromatic heterocycles. The van der Waals surface area contributed by atoms with Gasteiger partial charge in [-0.3, -0.25) is 4.79 Å². The van der Waals surface area contributed by atoms with Crippen molar-refractivity contribution in [2.75, 3.05) is 0 Å². The largest absolute Gasteiger partial charge is 0.460 e. The molecule has 1 saturated carbocycles. The van der Waals surface area contributed by atoms with Crippen LogP contribution >= 0.6 is 0 Å². The maximum absolute atomic E-state index is 11.8. The second-order valence-electron chi connectivity index (χ2n) is 5.23. The maximum Gasteiger partial charge on any atom is 0.314 e. The molecule has 0 aromatic rings. The van der Waals surface area contributed by atoms with Crippen molar-refractivity contribution in [1.29, 1.82) is 0 Å². The molecule has 14 heavy (non-hydrogen) atoms. The third-order valence-electron chi connectivity index (χ3n) is 2.79. The predicted molar refractivity (Wildman–Crippen MR) is 54.4 cm³/mol. The molecule has 0 N–H and O–H groups in total. The number of rotatable bonds is 1. The maximum atomic E-state index is 11.8. The Bertz CT molecular complexity index is 273. The molecule has 2 aliphatic carbocycles. The number of carbonyl (C=O) groups excluding carboxylic acids is 1. The van der Waals surface area contributed by atoms with E-state index in [0.717, 1.165) is 12.8 Å². The molecule has 2 unspecified atom stereocenters. The fourth-order valence-electron chi connectivity index (χ4n) is 2.20. The lowest BCUT2D eigenvalue weighted by Crippen LogP contribution is -2.30. The number of esters is 1. The third-order valence-corrected chi connectivity index (χ3v) is 2.79. The zero-order valence-corrected chi connectivity index (χ0v) is 9.04. The average Bonchev–Trinajstić information content (AvgIpc) is 2.59. The minimum Gasteiger partial charge on any atom is -0.460 e. The Labute approximate surface area is 85.3 Å². The smallest absolute Gasteiger partial charge is 0.314 e. The highest BCUT2D eigenvalue weighted by Gasteiger charge is 2.48. The molecular weight excluding hydrogens is 176 g/mol. The molecule has 0 spiro atoms. The summed E-state index contributed by atoms with van der Waals surface area (Å²) in [5.74, 6) is 1.89. The summed E-state index contributed by atoms with van der Waals surface area (Å²) in [7, 11) is 0. The SMILES string of the molecule is CC(C)(C)OC(=O)C1C[C+]2C=CC1C2. The second-order valence-corrected chi connectivity index (χ2v) is 5.23. The molecular formula is C12H17O2+. The van der Waals surface area contributed by atoms with E-state index in [-0.39, 0.29) is 17.5 Å². The first-order chi connectivity index (χ1) is 6.46. The van der Waals surface area contributed by atoms with Crippen LogP contribution in [0.5, 0.6) is 0 Å². The normalized spacial score (nSPS) is 29.8. The summed E-state index contributed by atoms with van der Waals surface area (Å²) in [6.07, 6.45) is 6.29. The van der Waals surface area contributed by atoms with Crippen LogP contribution in [0.3, 0.4) is 0 Å². The van der Waals surface area contributed by atoms with E-state index in [4.69, 9.17) is 4.74 Å². The van der Waals surface area contributed by atoms with E-state index in [1.165, 1.54) is 5.92 Å². The first-order valence-corrected chi connectivity index (χ1v) is 5.21. The Morgan fingerprint density at radius 2 is 2.14 bits per heavy atom. The molecule has 76 valence electrons. The molecule has 0 saturated heterocycles. The monoisotopic (exact) mass is 193 g/mol. The van der Waals surface area contributed by atoms with Crippen molar-refractivity contribution in [3.63, 3.8) is 0 Å². The fraction of sp³-hybridized carbons (Fsp3) is 0.667. The van der Waals surface area contributed by atoms with E-state index in [9.17, 15) is 4.79 Å². The van der Waals surface area contributed by atoms with Crippen LogP contribution in [-0.4, -0.2) is 11.6 Å². The lowest BCUT2D eigenvalue weighted by atomic mass is 9.93. The fourth-order valence-corrected chi connectivity index (χ4v) is 2.20. The second kappa shape index (κ2) is 3.04. The molecule has 2 atom stereocenters. The molecule has 2 aliphatic rings. The van der Waals surface area contributed by atoms with E-state index in [2.05, 4.69) is 12.2 Å². The zero-order valence-electron chi connectivity index (χ0n) is 9.04. The number of ether oxygens (including phenoxy) is 1. The van der Waals surface area contributed by atoms with Crippen LogP contribution in [0.25, 0.3) is 0 Å². The van der Waals surface area contributed by atoms with Crippen LogP contribution in [-0.2, 0) is 9.53 Å². The number of carbonyl (C=O) groups is 1. The van der Waals surface area contributed by atoms with Gasteiger partial charge in [-0.25, -0.2) is 0 Å². The summed E-state index contributed by atoms with van der Waals surface area (Å²) in [5.41, 5.74) is -0.354. The van der Waals surface area contributed by atoms with Crippen molar-refractivity contribution in [1.82, 2.24) is 0 Å². The van der Waals surface area contributed by atoms with Gasteiger partial charge in [0.05, 0.1) is 30.8 Å². The van der Waals surface area contributed by atoms with E-state index >= 15 is 0 Å². The van der Waals surface area contributed by atoms with E-state index < -0.39 is 0 Å². The van der Waals surface area contributed by atoms with Gasteiger partial charge in [-0.15, -0.1) is 0 Å². The highest BCUT2D eigenvalue weighted by molar-refractivity contribution is 5.75. The average molecular weight is 193 g/mol. The summed E-state index contributed by atoms with van der Waals surface area (Å²) >= 11 is 0. The third kappa shape index (κ3) is 1.79. The van der Waals surface area contributed by atoms with Gasteiger partial charge in [0.15, 0.2) is 0 Å². The van der Waals surface area contributed by atoms with Crippen LogP contribution in [0.4, 0.5) is 0 Å². The first kappa shape index (κ1) is 9.63. The standard InChI is InChI=1S/C12H17O2/c1-12(2,3)14-11(13)10-7-8-4-5-9(10)6-8/h4-5,9-10H,6-7H2,1-3H3/q+1. The molecule has 2 rings (SSSR count). The van der Waals surface area contributed by atoms with Gasteiger partial charge < -0.3 is 4.74 Å². The lowest BCUT2D eigenvalue weighted by molar-refractivity contribution is -0.160. The van der Waals surface area contributed by atoms with Gasteiger partial charge in [-0.2, -0.15) is 0 Å². The van der Waals surface area contributed by atoms with Crippen LogP contribution in [0.2, 0.25) is 0 Å². The van der Waals surface area contributed by atoms with Crippen molar-refractivity contribution in [2.45, 2.75) is 39.2 Å². The molecule has 0 aromatic carbocycles. The zero-order chi connectivity index (χ0) is 10.3. The first-order valence-electron chi connectivity index (χ1n) is 5.21. The van der Waals surface area contributed by atoms with E-state index in [0.29, 0.717) is 5.92 Å². The highest BCUT2D eigenvalue weighted by atomic mass is 16.6.